The third kappa shape index (κ3) is 5.42. The van der Waals surface area contributed by atoms with E-state index >= 15 is 0 Å². The van der Waals surface area contributed by atoms with Gasteiger partial charge in [-0.3, -0.25) is 4.99 Å². The van der Waals surface area contributed by atoms with Crippen LogP contribution in [-0.2, 0) is 4.74 Å². The number of ether oxygens (including phenoxy) is 1. The van der Waals surface area contributed by atoms with Gasteiger partial charge in [-0.15, -0.1) is 0 Å². The molecule has 3 aromatic carbocycles. The van der Waals surface area contributed by atoms with Gasteiger partial charge in [0.1, 0.15) is 11.9 Å². The topological polar surface area (TPSA) is 33.6 Å². The zero-order valence-corrected chi connectivity index (χ0v) is 18.7. The molecule has 1 heterocycles. The van der Waals surface area contributed by atoms with Gasteiger partial charge in [-0.05, 0) is 43.9 Å². The van der Waals surface area contributed by atoms with Gasteiger partial charge in [0.05, 0.1) is 11.6 Å². The quantitative estimate of drug-likeness (QED) is 0.483. The molecule has 3 nitrogen and oxygen atoms in total. The van der Waals surface area contributed by atoms with E-state index < -0.39 is 0 Å². The normalized spacial score (nSPS) is 19.5. The van der Waals surface area contributed by atoms with Crippen LogP contribution >= 0.6 is 0 Å². The van der Waals surface area contributed by atoms with Crippen LogP contribution in [0.3, 0.4) is 0 Å². The third-order valence-electron chi connectivity index (χ3n) is 5.67. The average Bonchev–Trinajstić information content (AvgIpc) is 3.23. The molecule has 3 atom stereocenters. The molecule has 1 N–H and O–H groups in total. The molecular formula is C28H32N2O. The van der Waals surface area contributed by atoms with Crippen molar-refractivity contribution in [1.82, 2.24) is 5.32 Å². The predicted molar refractivity (Wildman–Crippen MR) is 128 cm³/mol. The molecule has 0 saturated carbocycles. The molecule has 3 heteroatoms. The molecule has 1 aliphatic heterocycles. The Bertz CT molecular complexity index is 978. The molecule has 0 spiro atoms. The van der Waals surface area contributed by atoms with Gasteiger partial charge < -0.3 is 10.1 Å². The van der Waals surface area contributed by atoms with Gasteiger partial charge in [0.25, 0.3) is 0 Å². The van der Waals surface area contributed by atoms with E-state index in [1.54, 1.807) is 0 Å². The maximum Gasteiger partial charge on any atom is 0.105 e. The maximum absolute atomic E-state index is 6.08. The summed E-state index contributed by atoms with van der Waals surface area (Å²) in [5.74, 6) is 1.22. The molecule has 4 rings (SSSR count). The highest BCUT2D eigenvalue weighted by Gasteiger charge is 2.34. The van der Waals surface area contributed by atoms with E-state index in [9.17, 15) is 0 Å². The number of benzene rings is 3. The smallest absolute Gasteiger partial charge is 0.105 e. The summed E-state index contributed by atoms with van der Waals surface area (Å²) in [6, 6.07) is 32.1. The molecule has 0 aromatic heterocycles. The molecular weight excluding hydrogens is 380 g/mol. The number of aliphatic imine (C=N–C) groups is 1. The van der Waals surface area contributed by atoms with Crippen LogP contribution in [0.4, 0.5) is 0 Å². The van der Waals surface area contributed by atoms with Gasteiger partial charge in [-0.1, -0.05) is 91.0 Å². The second kappa shape index (κ2) is 9.49. The number of hydrogen-bond acceptors (Lipinski definition) is 3. The van der Waals surface area contributed by atoms with Crippen LogP contribution in [0.1, 0.15) is 61.9 Å². The molecule has 0 amide bonds. The van der Waals surface area contributed by atoms with Crippen LogP contribution < -0.4 is 5.32 Å². The number of nitrogens with zero attached hydrogens (tertiary/aromatic N) is 1. The molecule has 1 unspecified atom stereocenters. The van der Waals surface area contributed by atoms with E-state index in [1.807, 2.05) is 0 Å². The highest BCUT2D eigenvalue weighted by Crippen LogP contribution is 2.39. The molecule has 0 bridgehead atoms. The standard InChI is InChI=1S/C28H32N2O/c1-28(2,3)31-20-19-24(21-13-7-4-8-14-21)27-29-25(22-15-9-5-10-16-22)26(30-27)23-17-11-6-12-18-23/h4-18,24-26H,19-20H2,1-3H3,(H,29,30)/t24?,25-,26-/m1/s1. The van der Waals surface area contributed by atoms with E-state index in [1.165, 1.54) is 16.7 Å². The fraction of sp³-hybridized carbons (Fsp3) is 0.321. The second-order valence-corrected chi connectivity index (χ2v) is 9.12. The summed E-state index contributed by atoms with van der Waals surface area (Å²) in [5, 5.41) is 3.80. The lowest BCUT2D eigenvalue weighted by Gasteiger charge is -2.24. The van der Waals surface area contributed by atoms with Gasteiger partial charge in [0.2, 0.25) is 0 Å². The lowest BCUT2D eigenvalue weighted by molar-refractivity contribution is -0.00465. The Balaban J connectivity index is 1.66. The van der Waals surface area contributed by atoms with Crippen molar-refractivity contribution in [2.45, 2.75) is 50.8 Å². The van der Waals surface area contributed by atoms with Crippen LogP contribution in [0, 0.1) is 0 Å². The van der Waals surface area contributed by atoms with E-state index in [2.05, 4.69) is 117 Å². The van der Waals surface area contributed by atoms with Crippen molar-refractivity contribution in [3.8, 4) is 0 Å². The highest BCUT2D eigenvalue weighted by molar-refractivity contribution is 5.91. The Labute approximate surface area is 186 Å². The Morgan fingerprint density at radius 1 is 0.806 bits per heavy atom. The molecule has 0 saturated heterocycles. The number of rotatable bonds is 7. The van der Waals surface area contributed by atoms with Crippen molar-refractivity contribution in [2.24, 2.45) is 4.99 Å². The van der Waals surface area contributed by atoms with Crippen molar-refractivity contribution < 1.29 is 4.74 Å². The van der Waals surface area contributed by atoms with Crippen molar-refractivity contribution in [1.29, 1.82) is 0 Å². The fourth-order valence-electron chi connectivity index (χ4n) is 4.16. The van der Waals surface area contributed by atoms with Gasteiger partial charge >= 0.3 is 0 Å². The third-order valence-corrected chi connectivity index (χ3v) is 5.67. The summed E-state index contributed by atoms with van der Waals surface area (Å²) in [5.41, 5.74) is 3.61. The molecule has 3 aromatic rings. The second-order valence-electron chi connectivity index (χ2n) is 9.12. The molecule has 0 radical (unpaired) electrons. The molecule has 0 aliphatic carbocycles. The van der Waals surface area contributed by atoms with Crippen LogP contribution in [0.25, 0.3) is 0 Å². The van der Waals surface area contributed by atoms with Crippen molar-refractivity contribution >= 4 is 5.84 Å². The minimum Gasteiger partial charge on any atom is -0.376 e. The van der Waals surface area contributed by atoms with Crippen LogP contribution in [0.2, 0.25) is 0 Å². The highest BCUT2D eigenvalue weighted by atomic mass is 16.5. The first-order valence-corrected chi connectivity index (χ1v) is 11.1. The first-order chi connectivity index (χ1) is 15.0. The maximum atomic E-state index is 6.08. The number of nitrogens with one attached hydrogen (secondary N) is 1. The first-order valence-electron chi connectivity index (χ1n) is 11.1. The lowest BCUT2D eigenvalue weighted by Crippen LogP contribution is -2.30. The number of hydrogen-bond donors (Lipinski definition) is 1. The Morgan fingerprint density at radius 3 is 1.94 bits per heavy atom. The van der Waals surface area contributed by atoms with Crippen LogP contribution in [0.15, 0.2) is 96.0 Å². The van der Waals surface area contributed by atoms with Crippen LogP contribution in [-0.4, -0.2) is 18.0 Å². The van der Waals surface area contributed by atoms with Gasteiger partial charge in [-0.25, -0.2) is 0 Å². The number of amidine groups is 1. The fourth-order valence-corrected chi connectivity index (χ4v) is 4.16. The van der Waals surface area contributed by atoms with Gasteiger partial charge in [0, 0.05) is 12.5 Å². The van der Waals surface area contributed by atoms with Gasteiger partial charge in [-0.2, -0.15) is 0 Å². The Kier molecular flexibility index (Phi) is 6.53. The van der Waals surface area contributed by atoms with E-state index in [0.29, 0.717) is 6.61 Å². The monoisotopic (exact) mass is 412 g/mol. The lowest BCUT2D eigenvalue weighted by atomic mass is 9.93. The Hall–Kier alpha value is -2.91. The minimum absolute atomic E-state index is 0.0494. The van der Waals surface area contributed by atoms with Crippen molar-refractivity contribution in [2.75, 3.05) is 6.61 Å². The SMILES string of the molecule is CC(C)(C)OCCC(C1=N[C@H](c2ccccc2)[C@@H](c2ccccc2)N1)c1ccccc1. The minimum atomic E-state index is -0.148. The van der Waals surface area contributed by atoms with E-state index in [0.717, 1.165) is 12.3 Å². The zero-order chi connectivity index (χ0) is 21.7. The summed E-state index contributed by atoms with van der Waals surface area (Å²) in [7, 11) is 0. The van der Waals surface area contributed by atoms with Crippen molar-refractivity contribution in [3.05, 3.63) is 108 Å². The summed E-state index contributed by atoms with van der Waals surface area (Å²) in [4.78, 5) is 5.26. The molecule has 1 aliphatic rings. The first kappa shape index (κ1) is 21.3. The van der Waals surface area contributed by atoms with Crippen LogP contribution in [0.5, 0.6) is 0 Å². The summed E-state index contributed by atoms with van der Waals surface area (Å²) in [6.45, 7) is 7.00. The van der Waals surface area contributed by atoms with Crippen molar-refractivity contribution in [3.63, 3.8) is 0 Å². The average molecular weight is 413 g/mol. The van der Waals surface area contributed by atoms with E-state index in [-0.39, 0.29) is 23.6 Å². The Morgan fingerprint density at radius 2 is 1.35 bits per heavy atom. The predicted octanol–water partition coefficient (Wildman–Crippen LogP) is 6.46. The summed E-state index contributed by atoms with van der Waals surface area (Å²) < 4.78 is 6.08. The van der Waals surface area contributed by atoms with E-state index in [4.69, 9.17) is 9.73 Å². The largest absolute Gasteiger partial charge is 0.376 e. The summed E-state index contributed by atoms with van der Waals surface area (Å²) in [6.07, 6.45) is 0.885. The zero-order valence-electron chi connectivity index (χ0n) is 18.7. The van der Waals surface area contributed by atoms with Gasteiger partial charge in [0.15, 0.2) is 0 Å². The summed E-state index contributed by atoms with van der Waals surface area (Å²) >= 11 is 0. The molecule has 31 heavy (non-hydrogen) atoms. The molecule has 0 fully saturated rings. The molecule has 160 valence electrons.